The van der Waals surface area contributed by atoms with Crippen LogP contribution in [0.25, 0.3) is 0 Å². The van der Waals surface area contributed by atoms with Crippen molar-refractivity contribution in [2.45, 2.75) is 154 Å². The van der Waals surface area contributed by atoms with Gasteiger partial charge in [0.05, 0.1) is 33.0 Å². The monoisotopic (exact) mass is 792 g/mol. The summed E-state index contributed by atoms with van der Waals surface area (Å²) >= 11 is 0. The van der Waals surface area contributed by atoms with E-state index < -0.39 is 173 Å². The summed E-state index contributed by atoms with van der Waals surface area (Å²) in [6.45, 7) is -2.53. The van der Waals surface area contributed by atoms with Crippen LogP contribution in [0.15, 0.2) is 0 Å². The van der Waals surface area contributed by atoms with E-state index in [0.717, 1.165) is 0 Å². The first-order chi connectivity index (χ1) is 25.8. The first-order valence-corrected chi connectivity index (χ1v) is 17.5. The molecule has 7 fully saturated rings. The molecule has 7 aliphatic rings. The predicted molar refractivity (Wildman–Crippen MR) is 160 cm³/mol. The van der Waals surface area contributed by atoms with Crippen LogP contribution in [-0.2, 0) is 52.1 Å². The van der Waals surface area contributed by atoms with Gasteiger partial charge in [-0.25, -0.2) is 0 Å². The second kappa shape index (κ2) is 16.7. The molecule has 25 atom stereocenters. The van der Waals surface area contributed by atoms with Gasteiger partial charge in [-0.1, -0.05) is 0 Å². The number of hydrogen-bond donors (Lipinski definition) is 13. The second-order valence-electron chi connectivity index (χ2n) is 14.2. The molecular formula is C30H48O24. The minimum atomic E-state index is -1.84. The van der Waals surface area contributed by atoms with Crippen molar-refractivity contribution in [3.63, 3.8) is 0 Å². The Labute approximate surface area is 305 Å². The fourth-order valence-corrected chi connectivity index (χ4v) is 7.76. The zero-order valence-electron chi connectivity index (χ0n) is 28.3. The van der Waals surface area contributed by atoms with E-state index in [4.69, 9.17) is 52.1 Å². The number of aliphatic hydroxyl groups is 13. The molecule has 312 valence electrons. The average molecular weight is 793 g/mol. The van der Waals surface area contributed by atoms with E-state index in [-0.39, 0.29) is 13.2 Å². The molecule has 7 saturated heterocycles. The molecule has 4 bridgehead atoms. The Morgan fingerprint density at radius 2 is 0.759 bits per heavy atom. The minimum absolute atomic E-state index is 0.153. The smallest absolute Gasteiger partial charge is 0.187 e. The van der Waals surface area contributed by atoms with Gasteiger partial charge in [-0.3, -0.25) is 0 Å². The summed E-state index contributed by atoms with van der Waals surface area (Å²) in [6, 6.07) is 0. The van der Waals surface area contributed by atoms with Crippen molar-refractivity contribution in [3.8, 4) is 0 Å². The number of rotatable bonds is 11. The number of fused-ring (bicyclic) bond motifs is 4. The van der Waals surface area contributed by atoms with Crippen LogP contribution >= 0.6 is 0 Å². The van der Waals surface area contributed by atoms with Crippen LogP contribution in [0, 0.1) is 0 Å². The first-order valence-electron chi connectivity index (χ1n) is 17.5. The molecule has 7 rings (SSSR count). The van der Waals surface area contributed by atoms with Crippen molar-refractivity contribution >= 4 is 0 Å². The third-order valence-electron chi connectivity index (χ3n) is 10.8. The van der Waals surface area contributed by atoms with E-state index in [1.807, 2.05) is 0 Å². The number of hydrogen-bond acceptors (Lipinski definition) is 24. The van der Waals surface area contributed by atoms with E-state index in [1.54, 1.807) is 0 Å². The molecular weight excluding hydrogens is 744 g/mol. The summed E-state index contributed by atoms with van der Waals surface area (Å²) in [5.41, 5.74) is 0. The third-order valence-corrected chi connectivity index (χ3v) is 10.8. The van der Waals surface area contributed by atoms with E-state index in [1.165, 1.54) is 0 Å². The summed E-state index contributed by atoms with van der Waals surface area (Å²) in [4.78, 5) is 0. The molecule has 13 N–H and O–H groups in total. The van der Waals surface area contributed by atoms with Crippen molar-refractivity contribution < 1.29 is 118 Å². The zero-order chi connectivity index (χ0) is 38.7. The van der Waals surface area contributed by atoms with Gasteiger partial charge < -0.3 is 118 Å². The van der Waals surface area contributed by atoms with Gasteiger partial charge in [-0.05, 0) is 0 Å². The molecule has 0 aromatic heterocycles. The van der Waals surface area contributed by atoms with Gasteiger partial charge in [0.1, 0.15) is 122 Å². The summed E-state index contributed by atoms with van der Waals surface area (Å²) in [6.07, 6.45) is -37.5. The van der Waals surface area contributed by atoms with Crippen molar-refractivity contribution in [3.05, 3.63) is 0 Å². The largest absolute Gasteiger partial charge is 0.394 e. The van der Waals surface area contributed by atoms with Crippen molar-refractivity contribution in [2.75, 3.05) is 33.0 Å². The van der Waals surface area contributed by atoms with Crippen molar-refractivity contribution in [1.29, 1.82) is 0 Å². The van der Waals surface area contributed by atoms with Gasteiger partial charge in [-0.2, -0.15) is 0 Å². The van der Waals surface area contributed by atoms with Crippen LogP contribution in [0.2, 0.25) is 0 Å². The van der Waals surface area contributed by atoms with Gasteiger partial charge in [0.25, 0.3) is 0 Å². The van der Waals surface area contributed by atoms with Crippen LogP contribution in [0.1, 0.15) is 0 Å². The fraction of sp³-hybridized carbons (Fsp3) is 1.00. The SMILES string of the molecule is OC[C@H]1O[C@@H](O[C@H]2[C@H]3OC[C@@H]2O[C@@H](O[C@H]2[C@@H](O)[C@@H](CO)O[C@@H](O[C@H]4[C@H]5OC[C@@H]4O[C@@H](O[C@H]4[C@@H](O)[C@@H](CO)OC(O)[C@@H]4O)[C@H]5O)[C@@H]2O)[C@H]3O)[C@H](O)[C@@H](O)[C@H]1O. The Bertz CT molecular complexity index is 1240. The Morgan fingerprint density at radius 3 is 1.24 bits per heavy atom. The molecule has 24 nitrogen and oxygen atoms in total. The van der Waals surface area contributed by atoms with Crippen LogP contribution in [0.3, 0.4) is 0 Å². The topological polar surface area (TPSA) is 365 Å². The van der Waals surface area contributed by atoms with Crippen LogP contribution in [-0.4, -0.2) is 253 Å². The lowest BCUT2D eigenvalue weighted by atomic mass is 9.96. The molecule has 0 aromatic rings. The van der Waals surface area contributed by atoms with Gasteiger partial charge in [0, 0.05) is 0 Å². The molecule has 0 aromatic carbocycles. The maximum atomic E-state index is 11.4. The van der Waals surface area contributed by atoms with E-state index >= 15 is 0 Å². The van der Waals surface area contributed by atoms with Crippen molar-refractivity contribution in [1.82, 2.24) is 0 Å². The quantitative estimate of drug-likeness (QED) is 0.0923. The van der Waals surface area contributed by atoms with E-state index in [2.05, 4.69) is 0 Å². The van der Waals surface area contributed by atoms with Gasteiger partial charge in [0.2, 0.25) is 0 Å². The normalized spacial score (nSPS) is 56.3. The molecule has 54 heavy (non-hydrogen) atoms. The van der Waals surface area contributed by atoms with E-state index in [0.29, 0.717) is 0 Å². The summed E-state index contributed by atoms with van der Waals surface area (Å²) in [7, 11) is 0. The fourth-order valence-electron chi connectivity index (χ4n) is 7.76. The molecule has 1 unspecified atom stereocenters. The Kier molecular flexibility index (Phi) is 12.8. The molecule has 0 saturated carbocycles. The summed E-state index contributed by atoms with van der Waals surface area (Å²) in [5, 5.41) is 135. The highest BCUT2D eigenvalue weighted by molar-refractivity contribution is 5.02. The van der Waals surface area contributed by atoms with E-state index in [9.17, 15) is 66.4 Å². The lowest BCUT2D eigenvalue weighted by Gasteiger charge is -2.47. The molecule has 0 radical (unpaired) electrons. The molecule has 7 aliphatic heterocycles. The second-order valence-corrected chi connectivity index (χ2v) is 14.2. The maximum absolute atomic E-state index is 11.4. The number of ether oxygens (including phenoxy) is 11. The highest BCUT2D eigenvalue weighted by atomic mass is 16.8. The molecule has 0 amide bonds. The summed E-state index contributed by atoms with van der Waals surface area (Å²) in [5.74, 6) is 0. The van der Waals surface area contributed by atoms with Gasteiger partial charge in [-0.15, -0.1) is 0 Å². The molecule has 0 spiro atoms. The molecule has 24 heteroatoms. The summed E-state index contributed by atoms with van der Waals surface area (Å²) < 4.78 is 62.2. The molecule has 7 heterocycles. The Morgan fingerprint density at radius 1 is 0.370 bits per heavy atom. The maximum Gasteiger partial charge on any atom is 0.187 e. The van der Waals surface area contributed by atoms with Crippen molar-refractivity contribution in [2.24, 2.45) is 0 Å². The zero-order valence-corrected chi connectivity index (χ0v) is 28.3. The Balaban J connectivity index is 0.990. The minimum Gasteiger partial charge on any atom is -0.394 e. The Hall–Kier alpha value is -0.960. The van der Waals surface area contributed by atoms with Crippen LogP contribution in [0.5, 0.6) is 0 Å². The average Bonchev–Trinajstić information content (AvgIpc) is 3.64. The standard InChI is InChI=1S/C30H48O24/c31-1-6-11(34)14(37)15(38)27(47-6)51-20-9-4-44-24(20)19(42)30(50-9)54-23-13(36)8(3-33)48-28(17(23)40)52-21-10-5-45-25(21)18(41)29(49-10)53-22-12(35)7(2-32)46-26(43)16(22)39/h6-43H,1-5H2/t6-,7-,8-,9+,10+,11+,12+,13+,14+,15-,16-,17-,18+,19+,20-,21-,22+,23+,24+,25+,26?,27+,28+,29+,30+/m1/s1. The first kappa shape index (κ1) is 41.2. The lowest BCUT2D eigenvalue weighted by Crippen LogP contribution is -2.66. The number of aliphatic hydroxyl groups excluding tert-OH is 13. The van der Waals surface area contributed by atoms with Crippen LogP contribution in [0.4, 0.5) is 0 Å². The van der Waals surface area contributed by atoms with Gasteiger partial charge in [0.15, 0.2) is 31.5 Å². The highest BCUT2D eigenvalue weighted by Gasteiger charge is 2.59. The van der Waals surface area contributed by atoms with Crippen LogP contribution < -0.4 is 0 Å². The molecule has 0 aliphatic carbocycles. The highest BCUT2D eigenvalue weighted by Crippen LogP contribution is 2.39. The van der Waals surface area contributed by atoms with Gasteiger partial charge >= 0.3 is 0 Å². The lowest BCUT2D eigenvalue weighted by molar-refractivity contribution is -0.377. The predicted octanol–water partition coefficient (Wildman–Crippen LogP) is -9.83. The third kappa shape index (κ3) is 7.44.